The maximum Gasteiger partial charge on any atom is 0.154 e. The molecule has 22 heavy (non-hydrogen) atoms. The van der Waals surface area contributed by atoms with E-state index >= 15 is 0 Å². The summed E-state index contributed by atoms with van der Waals surface area (Å²) in [6.07, 6.45) is 6.68. The van der Waals surface area contributed by atoms with Gasteiger partial charge in [-0.1, -0.05) is 23.7 Å². The average Bonchev–Trinajstić information content (AvgIpc) is 2.99. The Morgan fingerprint density at radius 3 is 3.05 bits per heavy atom. The number of rotatable bonds is 2. The van der Waals surface area contributed by atoms with Gasteiger partial charge in [-0.2, -0.15) is 5.10 Å². The fourth-order valence-electron chi connectivity index (χ4n) is 2.65. The molecule has 3 aromatic rings. The molecule has 0 saturated heterocycles. The number of nitrogens with zero attached hydrogens (tertiary/aromatic N) is 4. The first kappa shape index (κ1) is 13.4. The van der Waals surface area contributed by atoms with E-state index in [0.717, 1.165) is 41.9 Å². The van der Waals surface area contributed by atoms with Gasteiger partial charge >= 0.3 is 0 Å². The van der Waals surface area contributed by atoms with Gasteiger partial charge < -0.3 is 5.32 Å². The zero-order valence-electron chi connectivity index (χ0n) is 11.8. The van der Waals surface area contributed by atoms with E-state index < -0.39 is 0 Å². The van der Waals surface area contributed by atoms with Crippen molar-refractivity contribution in [1.29, 1.82) is 0 Å². The van der Waals surface area contributed by atoms with Crippen LogP contribution < -0.4 is 5.32 Å². The van der Waals surface area contributed by atoms with E-state index in [1.807, 2.05) is 24.3 Å². The zero-order chi connectivity index (χ0) is 14.9. The van der Waals surface area contributed by atoms with Gasteiger partial charge in [0.15, 0.2) is 5.82 Å². The Labute approximate surface area is 132 Å². The molecule has 5 nitrogen and oxygen atoms in total. The highest BCUT2D eigenvalue weighted by atomic mass is 35.5. The molecule has 0 aliphatic carbocycles. The first-order valence-corrected chi connectivity index (χ1v) is 7.56. The van der Waals surface area contributed by atoms with E-state index in [1.54, 1.807) is 17.1 Å². The highest BCUT2D eigenvalue weighted by molar-refractivity contribution is 6.30. The summed E-state index contributed by atoms with van der Waals surface area (Å²) in [4.78, 5) is 8.84. The van der Waals surface area contributed by atoms with Gasteiger partial charge in [0.1, 0.15) is 5.15 Å². The summed E-state index contributed by atoms with van der Waals surface area (Å²) < 4.78 is 1.80. The minimum atomic E-state index is 0.450. The molecule has 4 heterocycles. The molecule has 0 atom stereocenters. The van der Waals surface area contributed by atoms with Crippen LogP contribution in [0.25, 0.3) is 22.3 Å². The van der Waals surface area contributed by atoms with Crippen molar-refractivity contribution in [3.8, 4) is 5.82 Å². The van der Waals surface area contributed by atoms with Crippen LogP contribution in [0.1, 0.15) is 12.1 Å². The van der Waals surface area contributed by atoms with Gasteiger partial charge in [-0.15, -0.1) is 0 Å². The van der Waals surface area contributed by atoms with Crippen LogP contribution in [0.2, 0.25) is 5.15 Å². The summed E-state index contributed by atoms with van der Waals surface area (Å²) in [7, 11) is 0. The van der Waals surface area contributed by atoms with Gasteiger partial charge in [-0.25, -0.2) is 14.6 Å². The highest BCUT2D eigenvalue weighted by Gasteiger charge is 2.11. The molecule has 4 rings (SSSR count). The van der Waals surface area contributed by atoms with Gasteiger partial charge in [0, 0.05) is 24.2 Å². The quantitative estimate of drug-likeness (QED) is 0.739. The zero-order valence-corrected chi connectivity index (χ0v) is 12.6. The molecule has 0 aromatic carbocycles. The Bertz CT molecular complexity index is 868. The van der Waals surface area contributed by atoms with E-state index in [9.17, 15) is 0 Å². The molecule has 1 aliphatic rings. The van der Waals surface area contributed by atoms with E-state index in [-0.39, 0.29) is 0 Å². The van der Waals surface area contributed by atoms with Crippen molar-refractivity contribution in [2.45, 2.75) is 6.42 Å². The molecule has 0 radical (unpaired) electrons. The van der Waals surface area contributed by atoms with Gasteiger partial charge in [-0.05, 0) is 30.7 Å². The van der Waals surface area contributed by atoms with Crippen molar-refractivity contribution >= 4 is 28.1 Å². The van der Waals surface area contributed by atoms with E-state index in [4.69, 9.17) is 16.6 Å². The van der Waals surface area contributed by atoms with Gasteiger partial charge in [-0.3, -0.25) is 0 Å². The number of fused-ring (bicyclic) bond motifs is 1. The Hall–Kier alpha value is -2.24. The fraction of sp³-hybridized carbons (Fsp3) is 0.188. The van der Waals surface area contributed by atoms with Crippen molar-refractivity contribution in [2.24, 2.45) is 0 Å². The highest BCUT2D eigenvalue weighted by Crippen LogP contribution is 2.22. The summed E-state index contributed by atoms with van der Waals surface area (Å²) in [5.74, 6) is 0.786. The lowest BCUT2D eigenvalue weighted by Crippen LogP contribution is -2.20. The second-order valence-electron chi connectivity index (χ2n) is 5.19. The van der Waals surface area contributed by atoms with E-state index in [0.29, 0.717) is 5.15 Å². The third-order valence-corrected chi connectivity index (χ3v) is 3.97. The predicted octanol–water partition coefficient (Wildman–Crippen LogP) is 2.85. The molecule has 1 N–H and O–H groups in total. The number of hydrogen-bond donors (Lipinski definition) is 1. The molecule has 1 aliphatic heterocycles. The number of pyridine rings is 2. The second kappa shape index (κ2) is 5.51. The van der Waals surface area contributed by atoms with E-state index in [2.05, 4.69) is 21.5 Å². The van der Waals surface area contributed by atoms with Crippen molar-refractivity contribution in [3.63, 3.8) is 0 Å². The molecule has 0 saturated carbocycles. The summed E-state index contributed by atoms with van der Waals surface area (Å²) >= 11 is 6.00. The molecule has 6 heteroatoms. The third-order valence-electron chi connectivity index (χ3n) is 3.76. The largest absolute Gasteiger partial charge is 0.313 e. The fourth-order valence-corrected chi connectivity index (χ4v) is 2.81. The van der Waals surface area contributed by atoms with Crippen LogP contribution in [0, 0.1) is 0 Å². The Kier molecular flexibility index (Phi) is 3.36. The SMILES string of the molecule is Clc1cc2c(cn1)cnn2-c1cccc(C2=CCNCC2)n1. The summed E-state index contributed by atoms with van der Waals surface area (Å²) in [5, 5.41) is 9.12. The lowest BCUT2D eigenvalue weighted by atomic mass is 10.1. The lowest BCUT2D eigenvalue weighted by molar-refractivity contribution is 0.736. The Morgan fingerprint density at radius 2 is 2.18 bits per heavy atom. The number of halogens is 1. The minimum Gasteiger partial charge on any atom is -0.313 e. The van der Waals surface area contributed by atoms with Crippen LogP contribution in [0.4, 0.5) is 0 Å². The van der Waals surface area contributed by atoms with Gasteiger partial charge in [0.25, 0.3) is 0 Å². The first-order chi connectivity index (χ1) is 10.8. The number of nitrogens with one attached hydrogen (secondary N) is 1. The molecule has 0 spiro atoms. The number of aromatic nitrogens is 4. The first-order valence-electron chi connectivity index (χ1n) is 7.18. The second-order valence-corrected chi connectivity index (χ2v) is 5.57. The van der Waals surface area contributed by atoms with Crippen LogP contribution in [0.5, 0.6) is 0 Å². The van der Waals surface area contributed by atoms with Crippen LogP contribution in [0.15, 0.2) is 42.7 Å². The molecular formula is C16H14ClN5. The molecule has 110 valence electrons. The summed E-state index contributed by atoms with van der Waals surface area (Å²) in [6, 6.07) is 7.81. The maximum atomic E-state index is 6.00. The smallest absolute Gasteiger partial charge is 0.154 e. The molecule has 0 amide bonds. The van der Waals surface area contributed by atoms with Crippen LogP contribution in [-0.4, -0.2) is 32.8 Å². The topological polar surface area (TPSA) is 55.6 Å². The average molecular weight is 312 g/mol. The van der Waals surface area contributed by atoms with Crippen molar-refractivity contribution in [2.75, 3.05) is 13.1 Å². The summed E-state index contributed by atoms with van der Waals surface area (Å²) in [5.41, 5.74) is 3.18. The monoisotopic (exact) mass is 311 g/mol. The van der Waals surface area contributed by atoms with Gasteiger partial charge in [0.05, 0.1) is 17.4 Å². The molecule has 0 fully saturated rings. The Balaban J connectivity index is 1.81. The molecule has 0 bridgehead atoms. The normalized spacial score (nSPS) is 15.0. The van der Waals surface area contributed by atoms with Crippen LogP contribution >= 0.6 is 11.6 Å². The van der Waals surface area contributed by atoms with Crippen LogP contribution in [-0.2, 0) is 0 Å². The Morgan fingerprint density at radius 1 is 1.23 bits per heavy atom. The van der Waals surface area contributed by atoms with Crippen molar-refractivity contribution in [3.05, 3.63) is 53.6 Å². The van der Waals surface area contributed by atoms with Crippen molar-refractivity contribution in [1.82, 2.24) is 25.1 Å². The number of hydrogen-bond acceptors (Lipinski definition) is 4. The molecule has 3 aromatic heterocycles. The minimum absolute atomic E-state index is 0.450. The van der Waals surface area contributed by atoms with Crippen LogP contribution in [0.3, 0.4) is 0 Å². The van der Waals surface area contributed by atoms with E-state index in [1.165, 1.54) is 5.57 Å². The third kappa shape index (κ3) is 2.38. The predicted molar refractivity (Wildman–Crippen MR) is 87.1 cm³/mol. The summed E-state index contributed by atoms with van der Waals surface area (Å²) in [6.45, 7) is 1.89. The van der Waals surface area contributed by atoms with Gasteiger partial charge in [0.2, 0.25) is 0 Å². The molecular weight excluding hydrogens is 298 g/mol. The molecule has 0 unspecified atom stereocenters. The maximum absolute atomic E-state index is 6.00. The standard InChI is InChI=1S/C16H14ClN5/c17-15-8-14-12(9-19-15)10-20-22(14)16-3-1-2-13(21-16)11-4-6-18-7-5-11/h1-4,8-10,18H,5-7H2. The van der Waals surface area contributed by atoms with Crippen molar-refractivity contribution < 1.29 is 0 Å². The lowest BCUT2D eigenvalue weighted by Gasteiger charge is -2.14.